The Balaban J connectivity index is 1.89. The predicted octanol–water partition coefficient (Wildman–Crippen LogP) is 1.10. The first-order chi connectivity index (χ1) is 10.7. The molecule has 1 unspecified atom stereocenters. The average molecular weight is 319 g/mol. The molecular weight excluding hydrogens is 296 g/mol. The molecule has 3 rings (SSSR count). The fourth-order valence-corrected chi connectivity index (χ4v) is 3.43. The van der Waals surface area contributed by atoms with E-state index in [2.05, 4.69) is 23.6 Å². The molecule has 5 nitrogen and oxygen atoms in total. The van der Waals surface area contributed by atoms with Crippen molar-refractivity contribution >= 4 is 12.2 Å². The fraction of sp³-hybridized carbons (Fsp3) is 0.500. The van der Waals surface area contributed by atoms with Crippen LogP contribution < -0.4 is 4.90 Å². The molecule has 1 aliphatic rings. The number of nitrogens with zero attached hydrogens (tertiary/aromatic N) is 3. The van der Waals surface area contributed by atoms with E-state index in [0.717, 1.165) is 55.3 Å². The summed E-state index contributed by atoms with van der Waals surface area (Å²) >= 11 is 5.60. The molecule has 1 fully saturated rings. The zero-order valence-electron chi connectivity index (χ0n) is 12.9. The maximum Gasteiger partial charge on any atom is 0.203 e. The molecule has 118 valence electrons. The van der Waals surface area contributed by atoms with Gasteiger partial charge in [0.1, 0.15) is 12.6 Å². The maximum atomic E-state index is 9.83. The second-order valence-electron chi connectivity index (χ2n) is 5.87. The zero-order valence-corrected chi connectivity index (χ0v) is 13.7. The van der Waals surface area contributed by atoms with Crippen molar-refractivity contribution < 1.29 is 10.0 Å². The van der Waals surface area contributed by atoms with E-state index < -0.39 is 0 Å². The van der Waals surface area contributed by atoms with Crippen LogP contribution in [0.3, 0.4) is 0 Å². The summed E-state index contributed by atoms with van der Waals surface area (Å²) in [5.41, 5.74) is 1.09. The monoisotopic (exact) mass is 319 g/mol. The summed E-state index contributed by atoms with van der Waals surface area (Å²) in [6.45, 7) is 5.47. The van der Waals surface area contributed by atoms with Gasteiger partial charge in [0.15, 0.2) is 12.5 Å². The van der Waals surface area contributed by atoms with Gasteiger partial charge in [-0.2, -0.15) is 4.68 Å². The number of aliphatic hydroxyl groups is 1. The van der Waals surface area contributed by atoms with Gasteiger partial charge < -0.3 is 14.6 Å². The van der Waals surface area contributed by atoms with Crippen molar-refractivity contribution in [2.45, 2.75) is 39.1 Å². The Morgan fingerprint density at radius 2 is 2.14 bits per heavy atom. The molecule has 0 spiro atoms. The van der Waals surface area contributed by atoms with Crippen molar-refractivity contribution in [3.63, 3.8) is 0 Å². The number of likely N-dealkylation sites (tertiary alicyclic amines) is 1. The molecule has 0 radical (unpaired) electrons. The third kappa shape index (κ3) is 3.14. The minimum Gasteiger partial charge on any atom is -0.387 e. The molecule has 22 heavy (non-hydrogen) atoms. The number of benzene rings is 1. The molecule has 1 saturated heterocycles. The Morgan fingerprint density at radius 1 is 1.36 bits per heavy atom. The van der Waals surface area contributed by atoms with Crippen molar-refractivity contribution in [2.75, 3.05) is 13.1 Å². The summed E-state index contributed by atoms with van der Waals surface area (Å²) in [5.74, 6) is 0.921. The summed E-state index contributed by atoms with van der Waals surface area (Å²) < 4.78 is 4.74. The highest BCUT2D eigenvalue weighted by molar-refractivity contribution is 7.71. The molecule has 0 amide bonds. The number of aliphatic hydroxyl groups excluding tert-OH is 1. The zero-order chi connectivity index (χ0) is 15.5. The summed E-state index contributed by atoms with van der Waals surface area (Å²) in [7, 11) is 0. The van der Waals surface area contributed by atoms with Crippen molar-refractivity contribution in [1.82, 2.24) is 14.3 Å². The van der Waals surface area contributed by atoms with Crippen LogP contribution in [0.4, 0.5) is 0 Å². The first kappa shape index (κ1) is 15.4. The normalized spacial score (nSPS) is 21.9. The molecule has 6 heteroatoms. The highest BCUT2D eigenvalue weighted by atomic mass is 32.1. The summed E-state index contributed by atoms with van der Waals surface area (Å²) in [5, 5.41) is 14.6. The van der Waals surface area contributed by atoms with Gasteiger partial charge in [0.25, 0.3) is 0 Å². The standard InChI is InChI=1S/C16H22N4OS/c1-2-19-15(13-7-4-3-5-8-13)17-20(16(19)22)12-18-10-6-9-14(21)11-18/h3-5,7-8,14,21H,2,6,9-12H2,1H3/p+1/t14-/m1/s1. The van der Waals surface area contributed by atoms with Crippen LogP contribution in [0.15, 0.2) is 30.3 Å². The first-order valence-electron chi connectivity index (χ1n) is 7.93. The third-order valence-corrected chi connectivity index (χ3v) is 4.67. The molecule has 0 bridgehead atoms. The van der Waals surface area contributed by atoms with E-state index in [1.165, 1.54) is 4.90 Å². The molecular formula is C16H23N4OS+. The van der Waals surface area contributed by atoms with Gasteiger partial charge in [0, 0.05) is 12.1 Å². The van der Waals surface area contributed by atoms with Crippen molar-refractivity contribution in [3.05, 3.63) is 35.1 Å². The average Bonchev–Trinajstić information content (AvgIpc) is 2.84. The molecule has 2 aromatic rings. The van der Waals surface area contributed by atoms with Crippen LogP contribution in [0.2, 0.25) is 0 Å². The Hall–Kier alpha value is -1.50. The van der Waals surface area contributed by atoms with Crippen LogP contribution >= 0.6 is 12.2 Å². The van der Waals surface area contributed by atoms with Crippen LogP contribution in [0, 0.1) is 4.77 Å². The molecule has 0 aliphatic carbocycles. The number of hydrogen-bond acceptors (Lipinski definition) is 3. The highest BCUT2D eigenvalue weighted by Gasteiger charge is 2.22. The van der Waals surface area contributed by atoms with Crippen molar-refractivity contribution in [2.24, 2.45) is 0 Å². The predicted molar refractivity (Wildman–Crippen MR) is 88.1 cm³/mol. The highest BCUT2D eigenvalue weighted by Crippen LogP contribution is 2.17. The van der Waals surface area contributed by atoms with Crippen LogP contribution in [-0.2, 0) is 13.2 Å². The maximum absolute atomic E-state index is 9.83. The van der Waals surface area contributed by atoms with Gasteiger partial charge in [0.05, 0.1) is 6.54 Å². The Bertz CT molecular complexity index is 679. The Kier molecular flexibility index (Phi) is 4.71. The summed E-state index contributed by atoms with van der Waals surface area (Å²) in [6, 6.07) is 10.2. The van der Waals surface area contributed by atoms with Gasteiger partial charge in [-0.05, 0) is 32.0 Å². The lowest BCUT2D eigenvalue weighted by atomic mass is 10.1. The quantitative estimate of drug-likeness (QED) is 0.830. The van der Waals surface area contributed by atoms with Crippen LogP contribution in [-0.4, -0.2) is 38.6 Å². The SMILES string of the molecule is CCn1c(-c2ccccc2)nn(C[NH+]2CCC[C@@H](O)C2)c1=S. The minimum atomic E-state index is -0.195. The largest absolute Gasteiger partial charge is 0.387 e. The van der Waals surface area contributed by atoms with Crippen LogP contribution in [0.1, 0.15) is 19.8 Å². The van der Waals surface area contributed by atoms with Crippen molar-refractivity contribution in [1.29, 1.82) is 0 Å². The van der Waals surface area contributed by atoms with Gasteiger partial charge in [0.2, 0.25) is 4.77 Å². The van der Waals surface area contributed by atoms with Crippen LogP contribution in [0.5, 0.6) is 0 Å². The molecule has 2 N–H and O–H groups in total. The molecule has 1 aromatic carbocycles. The number of rotatable bonds is 4. The van der Waals surface area contributed by atoms with E-state index >= 15 is 0 Å². The second-order valence-corrected chi connectivity index (χ2v) is 6.24. The lowest BCUT2D eigenvalue weighted by Crippen LogP contribution is -3.13. The van der Waals surface area contributed by atoms with Gasteiger partial charge in [-0.1, -0.05) is 30.3 Å². The Morgan fingerprint density at radius 3 is 2.82 bits per heavy atom. The molecule has 0 saturated carbocycles. The van der Waals surface area contributed by atoms with E-state index in [9.17, 15) is 5.11 Å². The summed E-state index contributed by atoms with van der Waals surface area (Å²) in [4.78, 5) is 1.34. The molecule has 2 atom stereocenters. The smallest absolute Gasteiger partial charge is 0.203 e. The minimum absolute atomic E-state index is 0.195. The lowest BCUT2D eigenvalue weighted by molar-refractivity contribution is -0.931. The van der Waals surface area contributed by atoms with Gasteiger partial charge >= 0.3 is 0 Å². The van der Waals surface area contributed by atoms with E-state index in [4.69, 9.17) is 17.3 Å². The third-order valence-electron chi connectivity index (χ3n) is 4.24. The molecule has 1 aliphatic heterocycles. The molecule has 2 heterocycles. The van der Waals surface area contributed by atoms with Gasteiger partial charge in [-0.15, -0.1) is 5.10 Å². The second kappa shape index (κ2) is 6.73. The van der Waals surface area contributed by atoms with Gasteiger partial charge in [-0.25, -0.2) is 0 Å². The summed E-state index contributed by atoms with van der Waals surface area (Å²) in [6.07, 6.45) is 1.78. The van der Waals surface area contributed by atoms with E-state index in [1.807, 2.05) is 22.9 Å². The van der Waals surface area contributed by atoms with Crippen LogP contribution in [0.25, 0.3) is 11.4 Å². The lowest BCUT2D eigenvalue weighted by Gasteiger charge is -2.26. The molecule has 1 aromatic heterocycles. The topological polar surface area (TPSA) is 47.4 Å². The number of aromatic nitrogens is 3. The Labute approximate surface area is 135 Å². The first-order valence-corrected chi connectivity index (χ1v) is 8.34. The number of nitrogens with one attached hydrogen (secondary N) is 1. The number of hydrogen-bond donors (Lipinski definition) is 2. The number of quaternary nitrogens is 1. The van der Waals surface area contributed by atoms with E-state index in [1.54, 1.807) is 0 Å². The number of piperidine rings is 1. The van der Waals surface area contributed by atoms with Crippen molar-refractivity contribution in [3.8, 4) is 11.4 Å². The van der Waals surface area contributed by atoms with Gasteiger partial charge in [-0.3, -0.25) is 0 Å². The van der Waals surface area contributed by atoms with E-state index in [0.29, 0.717) is 0 Å². The fourth-order valence-electron chi connectivity index (χ4n) is 3.11. The van der Waals surface area contributed by atoms with E-state index in [-0.39, 0.29) is 6.10 Å².